The van der Waals surface area contributed by atoms with Crippen molar-refractivity contribution in [3.8, 4) is 0 Å². The number of nitrogens with one attached hydrogen (secondary N) is 2. The number of para-hydroxylation sites is 1. The number of fused-ring (bicyclic) bond motifs is 1. The molecule has 128 valence electrons. The van der Waals surface area contributed by atoms with Gasteiger partial charge in [-0.1, -0.05) is 53.8 Å². The predicted octanol–water partition coefficient (Wildman–Crippen LogP) is 3.83. The lowest BCUT2D eigenvalue weighted by Gasteiger charge is -2.10. The first kappa shape index (κ1) is 17.1. The molecule has 1 amide bonds. The largest absolute Gasteiger partial charge is 0.350 e. The van der Waals surface area contributed by atoms with E-state index in [9.17, 15) is 4.79 Å². The molecule has 0 radical (unpaired) electrons. The zero-order valence-electron chi connectivity index (χ0n) is 14.0. The monoisotopic (exact) mass is 352 g/mol. The Labute approximate surface area is 150 Å². The van der Waals surface area contributed by atoms with Crippen LogP contribution >= 0.6 is 11.3 Å². The van der Waals surface area contributed by atoms with Crippen molar-refractivity contribution in [2.45, 2.75) is 25.8 Å². The zero-order chi connectivity index (χ0) is 17.5. The smallest absolute Gasteiger partial charge is 0.262 e. The maximum Gasteiger partial charge on any atom is 0.262 e. The molecule has 0 aliphatic carbocycles. The minimum atomic E-state index is -0.410. The Hall–Kier alpha value is -2.73. The van der Waals surface area contributed by atoms with E-state index in [1.807, 2.05) is 42.5 Å². The Bertz CT molecular complexity index is 827. The highest BCUT2D eigenvalue weighted by atomic mass is 32.1. The number of hydrazone groups is 1. The van der Waals surface area contributed by atoms with E-state index in [4.69, 9.17) is 0 Å². The number of hydrogen-bond acceptors (Lipinski definition) is 5. The summed E-state index contributed by atoms with van der Waals surface area (Å²) in [6, 6.07) is 17.7. The summed E-state index contributed by atoms with van der Waals surface area (Å²) in [5.41, 5.74) is 4.76. The summed E-state index contributed by atoms with van der Waals surface area (Å²) in [6.45, 7) is 1.79. The number of anilines is 1. The van der Waals surface area contributed by atoms with E-state index in [0.717, 1.165) is 28.2 Å². The molecule has 0 unspecified atom stereocenters. The van der Waals surface area contributed by atoms with Crippen LogP contribution in [0.25, 0.3) is 10.2 Å². The molecule has 0 spiro atoms. The van der Waals surface area contributed by atoms with E-state index in [2.05, 4.69) is 33.0 Å². The second-order valence-corrected chi connectivity index (χ2v) is 6.70. The molecule has 25 heavy (non-hydrogen) atoms. The summed E-state index contributed by atoms with van der Waals surface area (Å²) >= 11 is 1.53. The fraction of sp³-hybridized carbons (Fsp3) is 0.211. The first-order valence-corrected chi connectivity index (χ1v) is 9.01. The van der Waals surface area contributed by atoms with E-state index in [1.165, 1.54) is 16.9 Å². The molecule has 6 heteroatoms. The number of benzene rings is 2. The Morgan fingerprint density at radius 2 is 1.96 bits per heavy atom. The fourth-order valence-electron chi connectivity index (χ4n) is 2.33. The van der Waals surface area contributed by atoms with Crippen molar-refractivity contribution in [3.63, 3.8) is 0 Å². The van der Waals surface area contributed by atoms with Crippen LogP contribution in [-0.2, 0) is 11.2 Å². The Morgan fingerprint density at radius 3 is 2.76 bits per heavy atom. The topological polar surface area (TPSA) is 66.4 Å². The van der Waals surface area contributed by atoms with Crippen LogP contribution in [0.5, 0.6) is 0 Å². The molecule has 0 saturated heterocycles. The van der Waals surface area contributed by atoms with Gasteiger partial charge in [-0.2, -0.15) is 5.10 Å². The van der Waals surface area contributed by atoms with E-state index >= 15 is 0 Å². The highest BCUT2D eigenvalue weighted by Gasteiger charge is 2.13. The van der Waals surface area contributed by atoms with Crippen LogP contribution in [0.3, 0.4) is 0 Å². The third kappa shape index (κ3) is 4.87. The van der Waals surface area contributed by atoms with Crippen LogP contribution in [0.4, 0.5) is 5.13 Å². The average Bonchev–Trinajstić information content (AvgIpc) is 3.04. The zero-order valence-corrected chi connectivity index (χ0v) is 14.8. The van der Waals surface area contributed by atoms with Crippen molar-refractivity contribution in [3.05, 3.63) is 60.2 Å². The molecule has 2 N–H and O–H groups in total. The molecule has 5 nitrogen and oxygen atoms in total. The second kappa shape index (κ2) is 8.39. The molecule has 0 aliphatic heterocycles. The van der Waals surface area contributed by atoms with Gasteiger partial charge in [0, 0.05) is 6.21 Å². The van der Waals surface area contributed by atoms with Crippen LogP contribution in [-0.4, -0.2) is 23.1 Å². The summed E-state index contributed by atoms with van der Waals surface area (Å²) in [5.74, 6) is -0.185. The van der Waals surface area contributed by atoms with E-state index in [-0.39, 0.29) is 5.91 Å². The quantitative estimate of drug-likeness (QED) is 0.502. The molecule has 0 fully saturated rings. The van der Waals surface area contributed by atoms with Gasteiger partial charge in [0.1, 0.15) is 6.04 Å². The van der Waals surface area contributed by atoms with Gasteiger partial charge in [0.25, 0.3) is 5.91 Å². The third-order valence-electron chi connectivity index (χ3n) is 3.70. The van der Waals surface area contributed by atoms with Gasteiger partial charge in [0.15, 0.2) is 5.13 Å². The molecule has 2 aromatic carbocycles. The van der Waals surface area contributed by atoms with E-state index in [1.54, 1.807) is 13.1 Å². The van der Waals surface area contributed by atoms with Gasteiger partial charge in [0.05, 0.1) is 10.2 Å². The summed E-state index contributed by atoms with van der Waals surface area (Å²) in [4.78, 5) is 16.6. The summed E-state index contributed by atoms with van der Waals surface area (Å²) in [6.07, 6.45) is 3.42. The lowest BCUT2D eigenvalue weighted by atomic mass is 10.1. The Kier molecular flexibility index (Phi) is 5.74. The lowest BCUT2D eigenvalue weighted by molar-refractivity contribution is -0.121. The summed E-state index contributed by atoms with van der Waals surface area (Å²) in [7, 11) is 0. The van der Waals surface area contributed by atoms with E-state index in [0.29, 0.717) is 0 Å². The molecule has 0 aliphatic rings. The van der Waals surface area contributed by atoms with Crippen molar-refractivity contribution < 1.29 is 4.79 Å². The van der Waals surface area contributed by atoms with Crippen molar-refractivity contribution in [1.29, 1.82) is 0 Å². The number of amides is 1. The maximum atomic E-state index is 12.1. The van der Waals surface area contributed by atoms with Gasteiger partial charge in [-0.25, -0.2) is 10.4 Å². The average molecular weight is 352 g/mol. The highest BCUT2D eigenvalue weighted by molar-refractivity contribution is 7.22. The number of hydrogen-bond donors (Lipinski definition) is 2. The van der Waals surface area contributed by atoms with Gasteiger partial charge in [-0.05, 0) is 37.5 Å². The summed E-state index contributed by atoms with van der Waals surface area (Å²) in [5, 5.41) is 7.86. The van der Waals surface area contributed by atoms with Gasteiger partial charge in [-0.3, -0.25) is 4.79 Å². The van der Waals surface area contributed by atoms with Gasteiger partial charge >= 0.3 is 0 Å². The molecule has 1 heterocycles. The van der Waals surface area contributed by atoms with Crippen molar-refractivity contribution in [1.82, 2.24) is 10.4 Å². The molecule has 1 aromatic heterocycles. The van der Waals surface area contributed by atoms with Crippen molar-refractivity contribution >= 4 is 38.8 Å². The summed E-state index contributed by atoms with van der Waals surface area (Å²) < 4.78 is 1.09. The predicted molar refractivity (Wildman–Crippen MR) is 104 cm³/mol. The molecule has 1 atom stereocenters. The lowest BCUT2D eigenvalue weighted by Crippen LogP contribution is -2.34. The minimum absolute atomic E-state index is 0.185. The van der Waals surface area contributed by atoms with Gasteiger partial charge in [0.2, 0.25) is 0 Å². The SMILES string of the molecule is C[C@@H](Nc1nc2ccccc2s1)C(=O)N/N=C\CCc1ccccc1. The molecule has 0 saturated carbocycles. The van der Waals surface area contributed by atoms with Crippen LogP contribution in [0, 0.1) is 0 Å². The minimum Gasteiger partial charge on any atom is -0.350 e. The van der Waals surface area contributed by atoms with Crippen LogP contribution in [0.1, 0.15) is 18.9 Å². The number of carbonyl (C=O) groups excluding carboxylic acids is 1. The second-order valence-electron chi connectivity index (χ2n) is 5.66. The number of aromatic nitrogens is 1. The van der Waals surface area contributed by atoms with Crippen LogP contribution in [0.2, 0.25) is 0 Å². The molecule has 3 aromatic rings. The van der Waals surface area contributed by atoms with Gasteiger partial charge < -0.3 is 5.32 Å². The molecule has 0 bridgehead atoms. The van der Waals surface area contributed by atoms with E-state index < -0.39 is 6.04 Å². The highest BCUT2D eigenvalue weighted by Crippen LogP contribution is 2.25. The van der Waals surface area contributed by atoms with Crippen LogP contribution in [0.15, 0.2) is 59.7 Å². The van der Waals surface area contributed by atoms with Crippen molar-refractivity contribution in [2.75, 3.05) is 5.32 Å². The third-order valence-corrected chi connectivity index (χ3v) is 4.67. The molecule has 3 rings (SSSR count). The number of aryl methyl sites for hydroxylation is 1. The van der Waals surface area contributed by atoms with Crippen molar-refractivity contribution in [2.24, 2.45) is 5.10 Å². The fourth-order valence-corrected chi connectivity index (χ4v) is 3.28. The maximum absolute atomic E-state index is 12.1. The molecular weight excluding hydrogens is 332 g/mol. The number of nitrogens with zero attached hydrogens (tertiary/aromatic N) is 2. The first-order chi connectivity index (χ1) is 12.2. The Balaban J connectivity index is 1.45. The number of rotatable bonds is 7. The standard InChI is InChI=1S/C19H20N4OS/c1-14(21-19-22-16-11-5-6-12-17(16)25-19)18(24)23-20-13-7-10-15-8-3-2-4-9-15/h2-6,8-9,11-14H,7,10H2,1H3,(H,21,22)(H,23,24)/b20-13-/t14-/m1/s1. The number of thiazole rings is 1. The van der Waals surface area contributed by atoms with Crippen LogP contribution < -0.4 is 10.7 Å². The normalized spacial score (nSPS) is 12.4. The first-order valence-electron chi connectivity index (χ1n) is 8.20. The number of carbonyl (C=O) groups is 1. The Morgan fingerprint density at radius 1 is 1.20 bits per heavy atom. The van der Waals surface area contributed by atoms with Gasteiger partial charge in [-0.15, -0.1) is 0 Å². The molecular formula is C19H20N4OS.